The van der Waals surface area contributed by atoms with E-state index in [9.17, 15) is 9.90 Å². The number of thiophene rings is 1. The molecule has 2 heterocycles. The number of nitrogens with zero attached hydrogens (tertiary/aromatic N) is 2. The lowest BCUT2D eigenvalue weighted by Gasteiger charge is -2.31. The molecule has 110 valence electrons. The summed E-state index contributed by atoms with van der Waals surface area (Å²) in [4.78, 5) is 17.4. The van der Waals surface area contributed by atoms with Crippen molar-refractivity contribution in [2.24, 2.45) is 0 Å². The molecule has 20 heavy (non-hydrogen) atoms. The van der Waals surface area contributed by atoms with Gasteiger partial charge in [0.25, 0.3) is 0 Å². The average Bonchev–Trinajstić information content (AvgIpc) is 2.91. The first-order valence-electron chi connectivity index (χ1n) is 7.00. The van der Waals surface area contributed by atoms with Gasteiger partial charge in [0, 0.05) is 18.0 Å². The first-order chi connectivity index (χ1) is 9.69. The van der Waals surface area contributed by atoms with E-state index in [1.165, 1.54) is 4.88 Å². The second-order valence-corrected chi connectivity index (χ2v) is 6.21. The number of carbonyl (C=O) groups excluding carboxylic acids is 1. The molecule has 0 aromatic carbocycles. The highest BCUT2D eigenvalue weighted by Gasteiger charge is 2.22. The molecule has 1 unspecified atom stereocenters. The van der Waals surface area contributed by atoms with Crippen LogP contribution in [-0.4, -0.2) is 53.1 Å². The molecule has 4 nitrogen and oxygen atoms in total. The lowest BCUT2D eigenvalue weighted by atomic mass is 10.1. The van der Waals surface area contributed by atoms with E-state index in [0.29, 0.717) is 26.2 Å². The van der Waals surface area contributed by atoms with Crippen LogP contribution in [-0.2, 0) is 11.3 Å². The van der Waals surface area contributed by atoms with Crippen LogP contribution in [0.15, 0.2) is 30.2 Å². The number of likely N-dealkylation sites (tertiary alicyclic amines) is 1. The van der Waals surface area contributed by atoms with Crippen molar-refractivity contribution in [3.8, 4) is 0 Å². The number of hydrogen-bond donors (Lipinski definition) is 1. The third kappa shape index (κ3) is 4.44. The zero-order chi connectivity index (χ0) is 14.4. The Balaban J connectivity index is 1.90. The molecule has 2 rings (SSSR count). The molecule has 1 aromatic rings. The molecule has 0 spiro atoms. The molecule has 1 aromatic heterocycles. The van der Waals surface area contributed by atoms with Crippen LogP contribution >= 0.6 is 11.3 Å². The fraction of sp³-hybridized carbons (Fsp3) is 0.533. The van der Waals surface area contributed by atoms with Gasteiger partial charge in [-0.15, -0.1) is 17.9 Å². The van der Waals surface area contributed by atoms with E-state index < -0.39 is 0 Å². The maximum atomic E-state index is 12.4. The molecule has 1 amide bonds. The van der Waals surface area contributed by atoms with Gasteiger partial charge >= 0.3 is 0 Å². The second kappa shape index (κ2) is 7.57. The Labute approximate surface area is 124 Å². The number of amides is 1. The molecule has 0 bridgehead atoms. The van der Waals surface area contributed by atoms with Crippen LogP contribution in [0.1, 0.15) is 17.7 Å². The summed E-state index contributed by atoms with van der Waals surface area (Å²) in [5.74, 6) is 0.104. The smallest absolute Gasteiger partial charge is 0.237 e. The lowest BCUT2D eigenvalue weighted by Crippen LogP contribution is -2.45. The third-order valence-electron chi connectivity index (χ3n) is 3.47. The largest absolute Gasteiger partial charge is 0.392 e. The van der Waals surface area contributed by atoms with Gasteiger partial charge in [0.1, 0.15) is 0 Å². The number of carbonyl (C=O) groups is 1. The van der Waals surface area contributed by atoms with Crippen molar-refractivity contribution in [3.05, 3.63) is 35.0 Å². The predicted octanol–water partition coefficient (Wildman–Crippen LogP) is 1.72. The van der Waals surface area contributed by atoms with E-state index in [2.05, 4.69) is 6.58 Å². The highest BCUT2D eigenvalue weighted by atomic mass is 32.1. The standard InChI is InChI=1S/C15H22N2O2S/c1-2-7-17(11-14-6-4-9-20-14)15(19)12-16-8-3-5-13(18)10-16/h2,4,6,9,13,18H,1,3,5,7-8,10-12H2. The van der Waals surface area contributed by atoms with Gasteiger partial charge in [0.15, 0.2) is 0 Å². The molecular formula is C15H22N2O2S. The van der Waals surface area contributed by atoms with Crippen molar-refractivity contribution in [1.29, 1.82) is 0 Å². The minimum absolute atomic E-state index is 0.104. The van der Waals surface area contributed by atoms with Gasteiger partial charge in [-0.25, -0.2) is 0 Å². The lowest BCUT2D eigenvalue weighted by molar-refractivity contribution is -0.133. The Kier molecular flexibility index (Phi) is 5.76. The SMILES string of the molecule is C=CCN(Cc1cccs1)C(=O)CN1CCCC(O)C1. The Bertz CT molecular complexity index is 433. The number of aliphatic hydroxyl groups is 1. The summed E-state index contributed by atoms with van der Waals surface area (Å²) in [7, 11) is 0. The van der Waals surface area contributed by atoms with Crippen molar-refractivity contribution < 1.29 is 9.90 Å². The van der Waals surface area contributed by atoms with Crippen LogP contribution in [0.2, 0.25) is 0 Å². The van der Waals surface area contributed by atoms with Gasteiger partial charge in [-0.3, -0.25) is 9.69 Å². The fourth-order valence-corrected chi connectivity index (χ4v) is 3.19. The summed E-state index contributed by atoms with van der Waals surface area (Å²) in [5.41, 5.74) is 0. The molecule has 0 saturated carbocycles. The maximum Gasteiger partial charge on any atom is 0.237 e. The summed E-state index contributed by atoms with van der Waals surface area (Å²) in [5, 5.41) is 11.7. The quantitative estimate of drug-likeness (QED) is 0.813. The molecule has 0 aliphatic carbocycles. The van der Waals surface area contributed by atoms with Gasteiger partial charge < -0.3 is 10.0 Å². The van der Waals surface area contributed by atoms with Crippen molar-refractivity contribution in [3.63, 3.8) is 0 Å². The minimum Gasteiger partial charge on any atom is -0.392 e. The first kappa shape index (κ1) is 15.2. The number of β-amino-alcohol motifs (C(OH)–C–C–N with tert-alkyl or cyclic N) is 1. The van der Waals surface area contributed by atoms with Crippen LogP contribution in [0.5, 0.6) is 0 Å². The maximum absolute atomic E-state index is 12.4. The Morgan fingerprint density at radius 3 is 3.15 bits per heavy atom. The summed E-state index contributed by atoms with van der Waals surface area (Å²) in [6, 6.07) is 4.04. The van der Waals surface area contributed by atoms with Gasteiger partial charge in [-0.05, 0) is 30.8 Å². The van der Waals surface area contributed by atoms with Crippen LogP contribution in [0.3, 0.4) is 0 Å². The van der Waals surface area contributed by atoms with Crippen molar-refractivity contribution in [2.75, 3.05) is 26.2 Å². The molecule has 1 aliphatic heterocycles. The molecular weight excluding hydrogens is 272 g/mol. The molecule has 5 heteroatoms. The zero-order valence-corrected chi connectivity index (χ0v) is 12.5. The molecule has 0 radical (unpaired) electrons. The molecule has 1 saturated heterocycles. The van der Waals surface area contributed by atoms with Crippen LogP contribution in [0.25, 0.3) is 0 Å². The topological polar surface area (TPSA) is 43.8 Å². The Morgan fingerprint density at radius 2 is 2.50 bits per heavy atom. The van der Waals surface area contributed by atoms with E-state index >= 15 is 0 Å². The van der Waals surface area contributed by atoms with E-state index in [1.807, 2.05) is 27.3 Å². The van der Waals surface area contributed by atoms with Gasteiger partial charge in [-0.1, -0.05) is 12.1 Å². The highest BCUT2D eigenvalue weighted by Crippen LogP contribution is 2.14. The summed E-state index contributed by atoms with van der Waals surface area (Å²) in [6.07, 6.45) is 3.27. The number of aliphatic hydroxyl groups excluding tert-OH is 1. The van der Waals surface area contributed by atoms with Crippen molar-refractivity contribution in [2.45, 2.75) is 25.5 Å². The first-order valence-corrected chi connectivity index (χ1v) is 7.88. The van der Waals surface area contributed by atoms with Crippen molar-refractivity contribution >= 4 is 17.2 Å². The molecule has 1 fully saturated rings. The van der Waals surface area contributed by atoms with Gasteiger partial charge in [0.05, 0.1) is 19.2 Å². The Morgan fingerprint density at radius 1 is 1.65 bits per heavy atom. The Hall–Kier alpha value is -1.17. The summed E-state index contributed by atoms with van der Waals surface area (Å²) >= 11 is 1.66. The van der Waals surface area contributed by atoms with E-state index in [0.717, 1.165) is 19.4 Å². The summed E-state index contributed by atoms with van der Waals surface area (Å²) in [6.45, 7) is 6.81. The monoisotopic (exact) mass is 294 g/mol. The number of piperidine rings is 1. The highest BCUT2D eigenvalue weighted by molar-refractivity contribution is 7.09. The third-order valence-corrected chi connectivity index (χ3v) is 4.33. The van der Waals surface area contributed by atoms with E-state index in [-0.39, 0.29) is 12.0 Å². The minimum atomic E-state index is -0.290. The normalized spacial score (nSPS) is 19.8. The molecule has 1 atom stereocenters. The predicted molar refractivity (Wildman–Crippen MR) is 81.6 cm³/mol. The zero-order valence-electron chi connectivity index (χ0n) is 11.7. The van der Waals surface area contributed by atoms with Crippen molar-refractivity contribution in [1.82, 2.24) is 9.80 Å². The number of hydrogen-bond acceptors (Lipinski definition) is 4. The van der Waals surface area contributed by atoms with Crippen LogP contribution in [0.4, 0.5) is 0 Å². The van der Waals surface area contributed by atoms with Crippen LogP contribution < -0.4 is 0 Å². The number of rotatable bonds is 6. The average molecular weight is 294 g/mol. The summed E-state index contributed by atoms with van der Waals surface area (Å²) < 4.78 is 0. The fourth-order valence-electron chi connectivity index (χ4n) is 2.47. The van der Waals surface area contributed by atoms with Gasteiger partial charge in [0.2, 0.25) is 5.91 Å². The second-order valence-electron chi connectivity index (χ2n) is 5.17. The van der Waals surface area contributed by atoms with Crippen LogP contribution in [0, 0.1) is 0 Å². The van der Waals surface area contributed by atoms with E-state index in [1.54, 1.807) is 17.4 Å². The molecule has 1 N–H and O–H groups in total. The van der Waals surface area contributed by atoms with Gasteiger partial charge in [-0.2, -0.15) is 0 Å². The van der Waals surface area contributed by atoms with E-state index in [4.69, 9.17) is 0 Å². The molecule has 1 aliphatic rings.